The lowest BCUT2D eigenvalue weighted by Gasteiger charge is -2.29. The van der Waals surface area contributed by atoms with E-state index in [0.29, 0.717) is 17.8 Å². The molecule has 0 spiro atoms. The van der Waals surface area contributed by atoms with Crippen LogP contribution in [0.2, 0.25) is 0 Å². The van der Waals surface area contributed by atoms with Gasteiger partial charge in [0.05, 0.1) is 25.0 Å². The predicted molar refractivity (Wildman–Crippen MR) is 82.5 cm³/mol. The van der Waals surface area contributed by atoms with Gasteiger partial charge in [0.1, 0.15) is 16.5 Å². The van der Waals surface area contributed by atoms with E-state index in [1.165, 1.54) is 0 Å². The van der Waals surface area contributed by atoms with E-state index in [2.05, 4.69) is 36.9 Å². The van der Waals surface area contributed by atoms with Gasteiger partial charge in [-0.3, -0.25) is 4.90 Å². The molecule has 1 fully saturated rings. The Labute approximate surface area is 131 Å². The number of imidazole rings is 1. The third-order valence-corrected chi connectivity index (χ3v) is 4.14. The van der Waals surface area contributed by atoms with Crippen molar-refractivity contribution in [3.63, 3.8) is 0 Å². The molecule has 1 aromatic heterocycles. The van der Waals surface area contributed by atoms with Crippen LogP contribution in [0.15, 0.2) is 34.9 Å². The third kappa shape index (κ3) is 3.00. The molecule has 1 atom stereocenters. The fourth-order valence-electron chi connectivity index (χ4n) is 2.44. The molecule has 2 aromatic rings. The maximum Gasteiger partial charge on any atom is 0.141 e. The Morgan fingerprint density at radius 1 is 1.29 bits per heavy atom. The molecule has 1 aliphatic rings. The monoisotopic (exact) mass is 346 g/mol. The first-order valence-electron chi connectivity index (χ1n) is 6.82. The van der Waals surface area contributed by atoms with Crippen LogP contribution < -0.4 is 0 Å². The van der Waals surface area contributed by atoms with Gasteiger partial charge in [0.2, 0.25) is 0 Å². The number of aromatic nitrogens is 2. The van der Waals surface area contributed by atoms with Gasteiger partial charge >= 0.3 is 0 Å². The number of hydrogen-bond acceptors (Lipinski definition) is 4. The number of ether oxygens (including phenoxy) is 1. The quantitative estimate of drug-likeness (QED) is 0.927. The first-order chi connectivity index (χ1) is 10.3. The Balaban J connectivity index is 1.91. The molecule has 1 unspecified atom stereocenters. The summed E-state index contributed by atoms with van der Waals surface area (Å²) in [6, 6.07) is 11.9. The average Bonchev–Trinajstić information content (AvgIpc) is 2.92. The highest BCUT2D eigenvalue weighted by Crippen LogP contribution is 2.29. The summed E-state index contributed by atoms with van der Waals surface area (Å²) in [5.41, 5.74) is 1.81. The molecule has 3 rings (SSSR count). The number of nitrogens with one attached hydrogen (secondary N) is 1. The smallest absolute Gasteiger partial charge is 0.141 e. The lowest BCUT2D eigenvalue weighted by atomic mass is 10.2. The topological polar surface area (TPSA) is 64.9 Å². The molecule has 1 N–H and O–H groups in total. The zero-order chi connectivity index (χ0) is 14.7. The van der Waals surface area contributed by atoms with Gasteiger partial charge in [0, 0.05) is 18.7 Å². The van der Waals surface area contributed by atoms with E-state index in [-0.39, 0.29) is 6.04 Å². The van der Waals surface area contributed by atoms with E-state index in [9.17, 15) is 5.26 Å². The van der Waals surface area contributed by atoms with Crippen LogP contribution in [0.25, 0.3) is 11.4 Å². The first-order valence-corrected chi connectivity index (χ1v) is 7.61. The molecule has 5 nitrogen and oxygen atoms in total. The van der Waals surface area contributed by atoms with Gasteiger partial charge in [-0.1, -0.05) is 30.3 Å². The van der Waals surface area contributed by atoms with E-state index in [4.69, 9.17) is 4.74 Å². The largest absolute Gasteiger partial charge is 0.379 e. The fourth-order valence-corrected chi connectivity index (χ4v) is 2.94. The number of halogens is 1. The molecule has 1 aliphatic heterocycles. The minimum Gasteiger partial charge on any atom is -0.379 e. The molecule has 0 aliphatic carbocycles. The van der Waals surface area contributed by atoms with Gasteiger partial charge in [-0.25, -0.2) is 4.98 Å². The summed E-state index contributed by atoms with van der Waals surface area (Å²) < 4.78 is 6.04. The maximum atomic E-state index is 9.53. The normalized spacial score (nSPS) is 17.3. The minimum atomic E-state index is -0.340. The third-order valence-electron chi connectivity index (χ3n) is 3.54. The Morgan fingerprint density at radius 2 is 2.00 bits per heavy atom. The van der Waals surface area contributed by atoms with Crippen molar-refractivity contribution in [1.29, 1.82) is 5.26 Å². The summed E-state index contributed by atoms with van der Waals surface area (Å²) in [5.74, 6) is 0.769. The van der Waals surface area contributed by atoms with Crippen molar-refractivity contribution in [2.45, 2.75) is 6.04 Å². The van der Waals surface area contributed by atoms with Gasteiger partial charge in [-0.15, -0.1) is 0 Å². The molecule has 1 aromatic carbocycles. The standard InChI is InChI=1S/C15H15BrN4O/c16-14-13(12(10-17)20-6-8-21-9-7-20)18-15(19-14)11-4-2-1-3-5-11/h1-5,12H,6-9H2,(H,18,19). The summed E-state index contributed by atoms with van der Waals surface area (Å²) in [5, 5.41) is 9.53. The van der Waals surface area contributed by atoms with E-state index in [1.807, 2.05) is 30.3 Å². The summed E-state index contributed by atoms with van der Waals surface area (Å²) in [7, 11) is 0. The van der Waals surface area contributed by atoms with Crippen LogP contribution in [-0.4, -0.2) is 41.2 Å². The molecular formula is C15H15BrN4O. The molecule has 2 heterocycles. The second-order valence-corrected chi connectivity index (χ2v) is 5.59. The van der Waals surface area contributed by atoms with Crippen LogP contribution in [0.1, 0.15) is 11.7 Å². The number of benzene rings is 1. The van der Waals surface area contributed by atoms with Gasteiger partial charge in [-0.05, 0) is 15.9 Å². The average molecular weight is 347 g/mol. The van der Waals surface area contributed by atoms with Crippen molar-refractivity contribution in [1.82, 2.24) is 14.9 Å². The fraction of sp³-hybridized carbons (Fsp3) is 0.333. The van der Waals surface area contributed by atoms with Crippen LogP contribution in [0, 0.1) is 11.3 Å². The Hall–Kier alpha value is -1.68. The lowest BCUT2D eigenvalue weighted by molar-refractivity contribution is 0.0259. The Bertz CT molecular complexity index is 643. The van der Waals surface area contributed by atoms with Crippen molar-refractivity contribution < 1.29 is 4.74 Å². The summed E-state index contributed by atoms with van der Waals surface area (Å²) in [6.07, 6.45) is 0. The second kappa shape index (κ2) is 6.39. The molecule has 0 bridgehead atoms. The summed E-state index contributed by atoms with van der Waals surface area (Å²) in [6.45, 7) is 2.83. The highest BCUT2D eigenvalue weighted by molar-refractivity contribution is 9.10. The number of H-pyrrole nitrogens is 1. The van der Waals surface area contributed by atoms with Crippen LogP contribution in [0.5, 0.6) is 0 Å². The molecule has 0 saturated carbocycles. The first kappa shape index (κ1) is 14.3. The van der Waals surface area contributed by atoms with E-state index in [0.717, 1.165) is 30.2 Å². The van der Waals surface area contributed by atoms with Crippen molar-refractivity contribution in [2.24, 2.45) is 0 Å². The number of aromatic amines is 1. The summed E-state index contributed by atoms with van der Waals surface area (Å²) in [4.78, 5) is 9.89. The van der Waals surface area contributed by atoms with E-state index < -0.39 is 0 Å². The zero-order valence-corrected chi connectivity index (χ0v) is 13.0. The molecular weight excluding hydrogens is 332 g/mol. The highest BCUT2D eigenvalue weighted by atomic mass is 79.9. The van der Waals surface area contributed by atoms with Crippen LogP contribution in [0.4, 0.5) is 0 Å². The van der Waals surface area contributed by atoms with Gasteiger partial charge in [0.15, 0.2) is 0 Å². The molecule has 1 saturated heterocycles. The molecule has 6 heteroatoms. The number of rotatable bonds is 3. The molecule has 21 heavy (non-hydrogen) atoms. The molecule has 0 radical (unpaired) electrons. The number of morpholine rings is 1. The van der Waals surface area contributed by atoms with E-state index in [1.54, 1.807) is 0 Å². The van der Waals surface area contributed by atoms with Crippen LogP contribution in [0.3, 0.4) is 0 Å². The summed E-state index contributed by atoms with van der Waals surface area (Å²) >= 11 is 3.47. The minimum absolute atomic E-state index is 0.340. The SMILES string of the molecule is N#CC(c1[nH]c(-c2ccccc2)nc1Br)N1CCOCC1. The van der Waals surface area contributed by atoms with Gasteiger partial charge in [0.25, 0.3) is 0 Å². The highest BCUT2D eigenvalue weighted by Gasteiger charge is 2.26. The second-order valence-electron chi connectivity index (χ2n) is 4.84. The number of nitriles is 1. The molecule has 0 amide bonds. The lowest BCUT2D eigenvalue weighted by Crippen LogP contribution is -2.38. The Kier molecular flexibility index (Phi) is 4.34. The predicted octanol–water partition coefficient (Wildman–Crippen LogP) is 2.74. The van der Waals surface area contributed by atoms with Gasteiger partial charge in [-0.2, -0.15) is 5.26 Å². The van der Waals surface area contributed by atoms with Crippen molar-refractivity contribution in [3.8, 4) is 17.5 Å². The zero-order valence-electron chi connectivity index (χ0n) is 11.4. The van der Waals surface area contributed by atoms with Crippen molar-refractivity contribution in [3.05, 3.63) is 40.6 Å². The van der Waals surface area contributed by atoms with Crippen LogP contribution in [-0.2, 0) is 4.74 Å². The van der Waals surface area contributed by atoms with Crippen molar-refractivity contribution in [2.75, 3.05) is 26.3 Å². The number of nitrogens with zero attached hydrogens (tertiary/aromatic N) is 3. The van der Waals surface area contributed by atoms with Crippen LogP contribution >= 0.6 is 15.9 Å². The van der Waals surface area contributed by atoms with E-state index >= 15 is 0 Å². The maximum absolute atomic E-state index is 9.53. The molecule has 108 valence electrons. The van der Waals surface area contributed by atoms with Crippen molar-refractivity contribution >= 4 is 15.9 Å². The number of hydrogen-bond donors (Lipinski definition) is 1. The van der Waals surface area contributed by atoms with Gasteiger partial charge < -0.3 is 9.72 Å². The Morgan fingerprint density at radius 3 is 2.67 bits per heavy atom.